The molecule has 1 aliphatic heterocycles. The molecule has 1 fully saturated rings. The van der Waals surface area contributed by atoms with E-state index < -0.39 is 12.1 Å². The van der Waals surface area contributed by atoms with Gasteiger partial charge in [-0.25, -0.2) is 9.18 Å². The number of benzene rings is 2. The number of nitrogens with one attached hydrogen (secondary N) is 2. The second-order valence-corrected chi connectivity index (χ2v) is 6.05. The summed E-state index contributed by atoms with van der Waals surface area (Å²) in [5.74, 6) is -0.984. The first-order valence-corrected chi connectivity index (χ1v) is 8.18. The van der Waals surface area contributed by atoms with E-state index in [-0.39, 0.29) is 30.7 Å². The zero-order valence-electron chi connectivity index (χ0n) is 14.2. The molecule has 1 heterocycles. The highest BCUT2D eigenvalue weighted by molar-refractivity contribution is 6.01. The third kappa shape index (κ3) is 3.72. The third-order valence-electron chi connectivity index (χ3n) is 4.21. The molecule has 3 rings (SSSR count). The van der Waals surface area contributed by atoms with Gasteiger partial charge in [0.2, 0.25) is 5.91 Å². The largest absolute Gasteiger partial charge is 0.345 e. The maximum atomic E-state index is 13.8. The molecule has 0 saturated carbocycles. The van der Waals surface area contributed by atoms with Gasteiger partial charge in [0.25, 0.3) is 5.91 Å². The minimum Gasteiger partial charge on any atom is -0.345 e. The molecule has 2 aromatic rings. The Kier molecular flexibility index (Phi) is 4.97. The molecule has 0 radical (unpaired) electrons. The summed E-state index contributed by atoms with van der Waals surface area (Å²) in [5, 5.41) is 5.21. The number of urea groups is 1. The molecule has 1 atom stereocenters. The van der Waals surface area contributed by atoms with Crippen molar-refractivity contribution in [2.75, 3.05) is 6.54 Å². The predicted molar refractivity (Wildman–Crippen MR) is 92.7 cm³/mol. The van der Waals surface area contributed by atoms with Gasteiger partial charge in [0, 0.05) is 11.1 Å². The molecule has 0 unspecified atom stereocenters. The number of hydrogen-bond acceptors (Lipinski definition) is 3. The fourth-order valence-corrected chi connectivity index (χ4v) is 2.74. The van der Waals surface area contributed by atoms with Crippen molar-refractivity contribution in [3.63, 3.8) is 0 Å². The zero-order chi connectivity index (χ0) is 18.7. The van der Waals surface area contributed by atoms with Crippen LogP contribution in [0.1, 0.15) is 34.5 Å². The monoisotopic (exact) mass is 355 g/mol. The number of halogens is 1. The molecule has 134 valence electrons. The highest BCUT2D eigenvalue weighted by Gasteiger charge is 2.28. The Morgan fingerprint density at radius 1 is 1.19 bits per heavy atom. The number of imide groups is 1. The van der Waals surface area contributed by atoms with Crippen molar-refractivity contribution in [3.05, 3.63) is 71.0 Å². The molecule has 1 saturated heterocycles. The van der Waals surface area contributed by atoms with Crippen molar-refractivity contribution in [2.45, 2.75) is 19.5 Å². The van der Waals surface area contributed by atoms with Crippen LogP contribution < -0.4 is 10.6 Å². The van der Waals surface area contributed by atoms with Crippen molar-refractivity contribution in [1.29, 1.82) is 0 Å². The molecule has 2 N–H and O–H groups in total. The van der Waals surface area contributed by atoms with Crippen LogP contribution in [-0.2, 0) is 11.3 Å². The van der Waals surface area contributed by atoms with Crippen molar-refractivity contribution >= 4 is 17.8 Å². The quantitative estimate of drug-likeness (QED) is 0.808. The molecular weight excluding hydrogens is 337 g/mol. The van der Waals surface area contributed by atoms with Gasteiger partial charge in [0.15, 0.2) is 0 Å². The second-order valence-electron chi connectivity index (χ2n) is 6.05. The second kappa shape index (κ2) is 7.35. The lowest BCUT2D eigenvalue weighted by molar-refractivity contribution is -0.125. The van der Waals surface area contributed by atoms with Crippen molar-refractivity contribution in [2.24, 2.45) is 0 Å². The lowest BCUT2D eigenvalue weighted by Crippen LogP contribution is -2.30. The van der Waals surface area contributed by atoms with Gasteiger partial charge in [0.05, 0.1) is 19.1 Å². The van der Waals surface area contributed by atoms with E-state index in [2.05, 4.69) is 10.6 Å². The predicted octanol–water partition coefficient (Wildman–Crippen LogP) is 2.37. The van der Waals surface area contributed by atoms with E-state index >= 15 is 0 Å². The first-order chi connectivity index (χ1) is 12.5. The van der Waals surface area contributed by atoms with Crippen LogP contribution in [0.2, 0.25) is 0 Å². The summed E-state index contributed by atoms with van der Waals surface area (Å²) in [6, 6.07) is 12.0. The normalized spacial score (nSPS) is 14.9. The van der Waals surface area contributed by atoms with Crippen LogP contribution in [0.15, 0.2) is 48.5 Å². The van der Waals surface area contributed by atoms with E-state index in [1.807, 2.05) is 0 Å². The van der Waals surface area contributed by atoms with Gasteiger partial charge >= 0.3 is 6.03 Å². The fraction of sp³-hybridized carbons (Fsp3) is 0.211. The van der Waals surface area contributed by atoms with Crippen molar-refractivity contribution in [1.82, 2.24) is 15.5 Å². The topological polar surface area (TPSA) is 78.5 Å². The van der Waals surface area contributed by atoms with Gasteiger partial charge in [-0.3, -0.25) is 14.5 Å². The van der Waals surface area contributed by atoms with Crippen LogP contribution in [0, 0.1) is 5.82 Å². The van der Waals surface area contributed by atoms with E-state index in [1.54, 1.807) is 49.4 Å². The lowest BCUT2D eigenvalue weighted by Gasteiger charge is -2.16. The molecule has 0 bridgehead atoms. The minimum atomic E-state index is -0.478. The maximum Gasteiger partial charge on any atom is 0.324 e. The van der Waals surface area contributed by atoms with E-state index in [0.717, 1.165) is 10.5 Å². The average molecular weight is 355 g/mol. The highest BCUT2D eigenvalue weighted by Crippen LogP contribution is 2.17. The summed E-state index contributed by atoms with van der Waals surface area (Å²) < 4.78 is 13.8. The Morgan fingerprint density at radius 3 is 2.50 bits per heavy atom. The SMILES string of the molecule is C[C@H](NC(=O)c1ccc(CN2C(=O)CNC2=O)cc1)c1ccccc1F. The van der Waals surface area contributed by atoms with Gasteiger partial charge in [-0.05, 0) is 30.7 Å². The Labute approximate surface area is 150 Å². The summed E-state index contributed by atoms with van der Waals surface area (Å²) >= 11 is 0. The lowest BCUT2D eigenvalue weighted by atomic mass is 10.1. The van der Waals surface area contributed by atoms with Crippen LogP contribution in [-0.4, -0.2) is 29.3 Å². The van der Waals surface area contributed by atoms with Gasteiger partial charge in [-0.1, -0.05) is 30.3 Å². The molecule has 0 aliphatic carbocycles. The van der Waals surface area contributed by atoms with E-state index in [0.29, 0.717) is 11.1 Å². The fourth-order valence-electron chi connectivity index (χ4n) is 2.74. The van der Waals surface area contributed by atoms with E-state index in [4.69, 9.17) is 0 Å². The smallest absolute Gasteiger partial charge is 0.324 e. The molecule has 0 aromatic heterocycles. The first kappa shape index (κ1) is 17.6. The molecule has 4 amide bonds. The number of nitrogens with zero attached hydrogens (tertiary/aromatic N) is 1. The summed E-state index contributed by atoms with van der Waals surface area (Å²) in [6.45, 7) is 1.87. The summed E-state index contributed by atoms with van der Waals surface area (Å²) in [6.07, 6.45) is 0. The van der Waals surface area contributed by atoms with Crippen LogP contribution in [0.4, 0.5) is 9.18 Å². The van der Waals surface area contributed by atoms with Gasteiger partial charge < -0.3 is 10.6 Å². The minimum absolute atomic E-state index is 0.00720. The Hall–Kier alpha value is -3.22. The number of hydrogen-bond donors (Lipinski definition) is 2. The van der Waals surface area contributed by atoms with Gasteiger partial charge in [-0.2, -0.15) is 0 Å². The van der Waals surface area contributed by atoms with Gasteiger partial charge in [-0.15, -0.1) is 0 Å². The Bertz CT molecular complexity index is 835. The highest BCUT2D eigenvalue weighted by atomic mass is 19.1. The third-order valence-corrected chi connectivity index (χ3v) is 4.21. The molecule has 7 heteroatoms. The Balaban J connectivity index is 1.64. The van der Waals surface area contributed by atoms with Crippen molar-refractivity contribution in [3.8, 4) is 0 Å². The summed E-state index contributed by atoms with van der Waals surface area (Å²) in [5.41, 5.74) is 1.55. The number of carbonyl (C=O) groups is 3. The van der Waals surface area contributed by atoms with E-state index in [9.17, 15) is 18.8 Å². The van der Waals surface area contributed by atoms with E-state index in [1.165, 1.54) is 6.07 Å². The molecule has 2 aromatic carbocycles. The van der Waals surface area contributed by atoms with Crippen LogP contribution in [0.25, 0.3) is 0 Å². The molecular formula is C19H18FN3O3. The molecule has 6 nitrogen and oxygen atoms in total. The number of amides is 4. The number of carbonyl (C=O) groups excluding carboxylic acids is 3. The standard InChI is InChI=1S/C19H18FN3O3/c1-12(15-4-2-3-5-16(15)20)22-18(25)14-8-6-13(7-9-14)11-23-17(24)10-21-19(23)26/h2-9,12H,10-11H2,1H3,(H,21,26)(H,22,25)/t12-/m0/s1. The van der Waals surface area contributed by atoms with Crippen molar-refractivity contribution < 1.29 is 18.8 Å². The number of rotatable bonds is 5. The first-order valence-electron chi connectivity index (χ1n) is 8.18. The van der Waals surface area contributed by atoms with Crippen LogP contribution in [0.3, 0.4) is 0 Å². The summed E-state index contributed by atoms with van der Waals surface area (Å²) in [4.78, 5) is 36.6. The average Bonchev–Trinajstić information content (AvgIpc) is 2.94. The van der Waals surface area contributed by atoms with Gasteiger partial charge in [0.1, 0.15) is 5.82 Å². The van der Waals surface area contributed by atoms with Crippen LogP contribution >= 0.6 is 0 Å². The Morgan fingerprint density at radius 2 is 1.88 bits per heavy atom. The summed E-state index contributed by atoms with van der Waals surface area (Å²) in [7, 11) is 0. The molecule has 0 spiro atoms. The maximum absolute atomic E-state index is 13.8. The zero-order valence-corrected chi connectivity index (χ0v) is 14.2. The molecule has 26 heavy (non-hydrogen) atoms. The van der Waals surface area contributed by atoms with Crippen LogP contribution in [0.5, 0.6) is 0 Å². The molecule has 1 aliphatic rings.